The zero-order valence-corrected chi connectivity index (χ0v) is 10.3. The highest BCUT2D eigenvalue weighted by Crippen LogP contribution is 1.93. The molecule has 1 N–H and O–H groups in total. The van der Waals surface area contributed by atoms with Gasteiger partial charge in [0.2, 0.25) is 0 Å². The van der Waals surface area contributed by atoms with Crippen LogP contribution < -0.4 is 0 Å². The molecule has 0 bridgehead atoms. The molecule has 7 heteroatoms. The van der Waals surface area contributed by atoms with Crippen LogP contribution in [-0.2, 0) is 28.6 Å². The Morgan fingerprint density at radius 2 is 1.44 bits per heavy atom. The van der Waals surface area contributed by atoms with Crippen LogP contribution in [0.25, 0.3) is 0 Å². The lowest BCUT2D eigenvalue weighted by molar-refractivity contribution is -0.149. The average molecular weight is 262 g/mol. The summed E-state index contributed by atoms with van der Waals surface area (Å²) >= 11 is 0. The van der Waals surface area contributed by atoms with Crippen LogP contribution in [0.5, 0.6) is 0 Å². The smallest absolute Gasteiger partial charge is 0.306 e. The number of hydrogen-bond donors (Lipinski definition) is 1. The number of carboxylic acids is 1. The second-order valence-electron chi connectivity index (χ2n) is 3.30. The molecule has 0 spiro atoms. The number of esters is 2. The van der Waals surface area contributed by atoms with Crippen molar-refractivity contribution in [1.29, 1.82) is 0 Å². The Balaban J connectivity index is 3.27. The van der Waals surface area contributed by atoms with Crippen molar-refractivity contribution >= 4 is 17.9 Å². The van der Waals surface area contributed by atoms with E-state index in [0.717, 1.165) is 0 Å². The summed E-state index contributed by atoms with van der Waals surface area (Å²) in [6, 6.07) is 0. The summed E-state index contributed by atoms with van der Waals surface area (Å²) in [6.45, 7) is 2.33. The number of carboxylic acid groups (broad SMARTS) is 1. The van der Waals surface area contributed by atoms with Crippen molar-refractivity contribution < 1.29 is 33.7 Å². The summed E-state index contributed by atoms with van der Waals surface area (Å²) in [5.41, 5.74) is 0. The van der Waals surface area contributed by atoms with Gasteiger partial charge in [-0.05, 0) is 0 Å². The summed E-state index contributed by atoms with van der Waals surface area (Å²) in [4.78, 5) is 31.8. The van der Waals surface area contributed by atoms with Crippen LogP contribution in [0.1, 0.15) is 26.2 Å². The van der Waals surface area contributed by atoms with E-state index in [1.54, 1.807) is 6.92 Å². The molecule has 0 aliphatic carbocycles. The number of rotatable bonds is 10. The monoisotopic (exact) mass is 262 g/mol. The molecule has 7 nitrogen and oxygen atoms in total. The maximum atomic E-state index is 11.0. The van der Waals surface area contributed by atoms with Gasteiger partial charge in [-0.15, -0.1) is 0 Å². The van der Waals surface area contributed by atoms with E-state index in [-0.39, 0.29) is 45.2 Å². The Labute approximate surface area is 105 Å². The van der Waals surface area contributed by atoms with Gasteiger partial charge in [0.15, 0.2) is 0 Å². The predicted molar refractivity (Wildman–Crippen MR) is 59.9 cm³/mol. The van der Waals surface area contributed by atoms with Gasteiger partial charge >= 0.3 is 17.9 Å². The molecule has 0 aromatic heterocycles. The Morgan fingerprint density at radius 3 is 1.94 bits per heavy atom. The van der Waals surface area contributed by atoms with Gasteiger partial charge in [-0.25, -0.2) is 0 Å². The average Bonchev–Trinajstić information content (AvgIpc) is 2.34. The molecule has 0 amide bonds. The van der Waals surface area contributed by atoms with Gasteiger partial charge in [0.05, 0.1) is 26.1 Å². The Bertz CT molecular complexity index is 275. The van der Waals surface area contributed by atoms with Crippen molar-refractivity contribution in [3.8, 4) is 0 Å². The zero-order valence-electron chi connectivity index (χ0n) is 10.3. The molecule has 104 valence electrons. The zero-order chi connectivity index (χ0) is 13.8. The van der Waals surface area contributed by atoms with Crippen LogP contribution in [0.2, 0.25) is 0 Å². The standard InChI is InChI=1S/C11H18O7/c1-2-10(14)17-7-5-16-6-8-18-11(15)4-3-9(12)13/h2-8H2,1H3,(H,12,13). The van der Waals surface area contributed by atoms with Gasteiger partial charge in [-0.1, -0.05) is 6.92 Å². The summed E-state index contributed by atoms with van der Waals surface area (Å²) in [7, 11) is 0. The molecule has 0 saturated carbocycles. The van der Waals surface area contributed by atoms with E-state index < -0.39 is 11.9 Å². The molecule has 0 aliphatic rings. The van der Waals surface area contributed by atoms with Crippen LogP contribution in [0, 0.1) is 0 Å². The van der Waals surface area contributed by atoms with Crippen LogP contribution in [0.3, 0.4) is 0 Å². The number of ether oxygens (including phenoxy) is 3. The first kappa shape index (κ1) is 16.4. The molecule has 0 atom stereocenters. The van der Waals surface area contributed by atoms with Crippen molar-refractivity contribution in [3.63, 3.8) is 0 Å². The maximum absolute atomic E-state index is 11.0. The SMILES string of the molecule is CCC(=O)OCCOCCOC(=O)CCC(=O)O. The third kappa shape index (κ3) is 10.9. The molecule has 0 fully saturated rings. The van der Waals surface area contributed by atoms with E-state index >= 15 is 0 Å². The lowest BCUT2D eigenvalue weighted by Crippen LogP contribution is -2.14. The topological polar surface area (TPSA) is 99.1 Å². The summed E-state index contributed by atoms with van der Waals surface area (Å²) in [5, 5.41) is 8.32. The molecule has 0 unspecified atom stereocenters. The molecule has 18 heavy (non-hydrogen) atoms. The van der Waals surface area contributed by atoms with E-state index in [1.165, 1.54) is 0 Å². The quantitative estimate of drug-likeness (QED) is 0.448. The summed E-state index contributed by atoms with van der Waals surface area (Å²) in [6.07, 6.45) is -0.0721. The lowest BCUT2D eigenvalue weighted by Gasteiger charge is -2.06. The Morgan fingerprint density at radius 1 is 0.889 bits per heavy atom. The van der Waals surface area contributed by atoms with Crippen molar-refractivity contribution in [2.75, 3.05) is 26.4 Å². The fourth-order valence-electron chi connectivity index (χ4n) is 0.914. The van der Waals surface area contributed by atoms with Crippen molar-refractivity contribution in [3.05, 3.63) is 0 Å². The van der Waals surface area contributed by atoms with Gasteiger partial charge in [0.1, 0.15) is 13.2 Å². The number of aliphatic carboxylic acids is 1. The molecule has 0 aromatic rings. The van der Waals surface area contributed by atoms with Gasteiger partial charge in [-0.3, -0.25) is 14.4 Å². The second kappa shape index (κ2) is 10.5. The van der Waals surface area contributed by atoms with Gasteiger partial charge in [-0.2, -0.15) is 0 Å². The molecule has 0 aromatic carbocycles. The first-order valence-electron chi connectivity index (χ1n) is 5.67. The first-order chi connectivity index (χ1) is 8.56. The van der Waals surface area contributed by atoms with Crippen molar-refractivity contribution in [1.82, 2.24) is 0 Å². The highest BCUT2D eigenvalue weighted by atomic mass is 16.6. The maximum Gasteiger partial charge on any atom is 0.306 e. The van der Waals surface area contributed by atoms with E-state index in [2.05, 4.69) is 0 Å². The number of carbonyl (C=O) groups is 3. The second-order valence-corrected chi connectivity index (χ2v) is 3.30. The third-order valence-electron chi connectivity index (χ3n) is 1.81. The number of carbonyl (C=O) groups excluding carboxylic acids is 2. The normalized spacial score (nSPS) is 9.83. The molecule has 0 aliphatic heterocycles. The van der Waals surface area contributed by atoms with Crippen molar-refractivity contribution in [2.24, 2.45) is 0 Å². The lowest BCUT2D eigenvalue weighted by atomic mass is 10.3. The van der Waals surface area contributed by atoms with Crippen LogP contribution in [0.15, 0.2) is 0 Å². The Kier molecular flexibility index (Phi) is 9.57. The van der Waals surface area contributed by atoms with Gasteiger partial charge in [0.25, 0.3) is 0 Å². The molecular weight excluding hydrogens is 244 g/mol. The molecule has 0 rings (SSSR count). The first-order valence-corrected chi connectivity index (χ1v) is 5.67. The minimum atomic E-state index is -1.04. The van der Waals surface area contributed by atoms with E-state index in [1.807, 2.05) is 0 Å². The molecule has 0 saturated heterocycles. The molecule has 0 heterocycles. The van der Waals surface area contributed by atoms with E-state index in [0.29, 0.717) is 6.42 Å². The molecular formula is C11H18O7. The third-order valence-corrected chi connectivity index (χ3v) is 1.81. The predicted octanol–water partition coefficient (Wildman–Crippen LogP) is 0.364. The Hall–Kier alpha value is -1.63. The summed E-state index contributed by atoms with van der Waals surface area (Å²) < 4.78 is 14.5. The fraction of sp³-hybridized carbons (Fsp3) is 0.727. The minimum absolute atomic E-state index is 0.0557. The van der Waals surface area contributed by atoms with Crippen molar-refractivity contribution in [2.45, 2.75) is 26.2 Å². The van der Waals surface area contributed by atoms with Crippen LogP contribution >= 0.6 is 0 Å². The van der Waals surface area contributed by atoms with Crippen LogP contribution in [0.4, 0.5) is 0 Å². The van der Waals surface area contributed by atoms with Crippen LogP contribution in [-0.4, -0.2) is 49.4 Å². The summed E-state index contributed by atoms with van der Waals surface area (Å²) in [5.74, 6) is -1.90. The molecule has 0 radical (unpaired) electrons. The van der Waals surface area contributed by atoms with E-state index in [4.69, 9.17) is 19.3 Å². The number of hydrogen-bond acceptors (Lipinski definition) is 6. The fourth-order valence-corrected chi connectivity index (χ4v) is 0.914. The van der Waals surface area contributed by atoms with Gasteiger partial charge in [0, 0.05) is 6.42 Å². The highest BCUT2D eigenvalue weighted by molar-refractivity contribution is 5.76. The minimum Gasteiger partial charge on any atom is -0.481 e. The van der Waals surface area contributed by atoms with Gasteiger partial charge < -0.3 is 19.3 Å². The largest absolute Gasteiger partial charge is 0.481 e. The highest BCUT2D eigenvalue weighted by Gasteiger charge is 2.06. The van der Waals surface area contributed by atoms with E-state index in [9.17, 15) is 14.4 Å².